The second kappa shape index (κ2) is 8.65. The van der Waals surface area contributed by atoms with Crippen molar-refractivity contribution in [2.24, 2.45) is 0 Å². The van der Waals surface area contributed by atoms with Gasteiger partial charge in [0.05, 0.1) is 27.6 Å². The quantitative estimate of drug-likeness (QED) is 0.202. The molecule has 46 heavy (non-hydrogen) atoms. The largest absolute Gasteiger partial charge is 0.456 e. The minimum atomic E-state index is 0.878. The molecule has 0 bridgehead atoms. The zero-order chi connectivity index (χ0) is 29.9. The molecule has 0 aliphatic rings. The van der Waals surface area contributed by atoms with Crippen LogP contribution in [0.3, 0.4) is 0 Å². The fourth-order valence-corrected chi connectivity index (χ4v) is 7.57. The average molecular weight is 590 g/mol. The van der Waals surface area contributed by atoms with Gasteiger partial charge in [-0.15, -0.1) is 0 Å². The molecular weight excluding hydrogens is 566 g/mol. The minimum Gasteiger partial charge on any atom is -0.456 e. The van der Waals surface area contributed by atoms with E-state index >= 15 is 0 Å². The van der Waals surface area contributed by atoms with E-state index in [0.29, 0.717) is 0 Å². The van der Waals surface area contributed by atoms with Gasteiger partial charge in [-0.05, 0) is 60.7 Å². The molecule has 0 fully saturated rings. The van der Waals surface area contributed by atoms with Crippen LogP contribution in [0.5, 0.6) is 0 Å². The smallest absolute Gasteiger partial charge is 0.135 e. The van der Waals surface area contributed by atoms with Crippen molar-refractivity contribution in [3.8, 4) is 11.4 Å². The predicted molar refractivity (Wildman–Crippen MR) is 187 cm³/mol. The van der Waals surface area contributed by atoms with E-state index in [-0.39, 0.29) is 0 Å². The first kappa shape index (κ1) is 24.0. The fourth-order valence-electron chi connectivity index (χ4n) is 7.57. The van der Waals surface area contributed by atoms with Crippen LogP contribution < -0.4 is 0 Å². The van der Waals surface area contributed by atoms with Gasteiger partial charge in [0.15, 0.2) is 0 Å². The molecule has 5 heterocycles. The first-order chi connectivity index (χ1) is 22.8. The SMILES string of the molecule is c1ccc2c(c1)oc1ccc(-n3c4ccccc4c4cnc5c6ccccc6n(-c6ccc7oc8ccccc8c7c6)c5c43)cc12. The second-order valence-corrected chi connectivity index (χ2v) is 12.0. The lowest BCUT2D eigenvalue weighted by Crippen LogP contribution is -1.99. The van der Waals surface area contributed by atoms with Gasteiger partial charge in [-0.1, -0.05) is 72.8 Å². The van der Waals surface area contributed by atoms with Crippen LogP contribution in [0.25, 0.3) is 99.0 Å². The first-order valence-corrected chi connectivity index (χ1v) is 15.5. The molecule has 0 spiro atoms. The lowest BCUT2D eigenvalue weighted by Gasteiger charge is -2.12. The molecule has 11 rings (SSSR count). The number of hydrogen-bond donors (Lipinski definition) is 0. The number of fused-ring (bicyclic) bond motifs is 13. The van der Waals surface area contributed by atoms with Crippen molar-refractivity contribution in [3.05, 3.63) is 140 Å². The summed E-state index contributed by atoms with van der Waals surface area (Å²) in [7, 11) is 0. The summed E-state index contributed by atoms with van der Waals surface area (Å²) in [6, 6.07) is 46.7. The molecule has 5 nitrogen and oxygen atoms in total. The summed E-state index contributed by atoms with van der Waals surface area (Å²) in [6.07, 6.45) is 2.05. The van der Waals surface area contributed by atoms with Gasteiger partial charge in [0.25, 0.3) is 0 Å². The highest BCUT2D eigenvalue weighted by molar-refractivity contribution is 6.22. The van der Waals surface area contributed by atoms with Crippen LogP contribution in [0.15, 0.2) is 148 Å². The van der Waals surface area contributed by atoms with Crippen molar-refractivity contribution >= 4 is 87.6 Å². The number of pyridine rings is 1. The van der Waals surface area contributed by atoms with Gasteiger partial charge in [0.2, 0.25) is 0 Å². The number of aromatic nitrogens is 3. The number of furan rings is 2. The minimum absolute atomic E-state index is 0.878. The molecule has 0 amide bonds. The van der Waals surface area contributed by atoms with Crippen molar-refractivity contribution < 1.29 is 8.83 Å². The molecule has 0 atom stereocenters. The van der Waals surface area contributed by atoms with E-state index in [4.69, 9.17) is 13.8 Å². The maximum absolute atomic E-state index is 6.21. The van der Waals surface area contributed by atoms with Crippen LogP contribution >= 0.6 is 0 Å². The molecule has 0 unspecified atom stereocenters. The van der Waals surface area contributed by atoms with Crippen LogP contribution in [0.4, 0.5) is 0 Å². The van der Waals surface area contributed by atoms with Crippen molar-refractivity contribution in [2.45, 2.75) is 0 Å². The van der Waals surface area contributed by atoms with Crippen molar-refractivity contribution in [1.82, 2.24) is 14.1 Å². The highest BCUT2D eigenvalue weighted by Crippen LogP contribution is 2.42. The predicted octanol–water partition coefficient (Wildman–Crippen LogP) is 11.1. The summed E-state index contributed by atoms with van der Waals surface area (Å²) in [5.74, 6) is 0. The molecule has 6 aromatic carbocycles. The summed E-state index contributed by atoms with van der Waals surface area (Å²) >= 11 is 0. The maximum Gasteiger partial charge on any atom is 0.135 e. The Labute approximate surface area is 261 Å². The lowest BCUT2D eigenvalue weighted by molar-refractivity contribution is 0.668. The molecule has 0 saturated heterocycles. The maximum atomic E-state index is 6.21. The lowest BCUT2D eigenvalue weighted by atomic mass is 10.1. The Morgan fingerprint density at radius 1 is 0.391 bits per heavy atom. The van der Waals surface area contributed by atoms with E-state index in [0.717, 1.165) is 99.0 Å². The molecule has 5 aromatic heterocycles. The Morgan fingerprint density at radius 2 is 0.870 bits per heavy atom. The second-order valence-electron chi connectivity index (χ2n) is 12.0. The molecular formula is C41H23N3O2. The van der Waals surface area contributed by atoms with E-state index in [2.05, 4.69) is 118 Å². The molecule has 0 saturated carbocycles. The third-order valence-corrected chi connectivity index (χ3v) is 9.55. The van der Waals surface area contributed by atoms with E-state index in [1.165, 1.54) is 0 Å². The first-order valence-electron chi connectivity index (χ1n) is 15.5. The molecule has 0 radical (unpaired) electrons. The molecule has 0 aliphatic carbocycles. The summed E-state index contributed by atoms with van der Waals surface area (Å²) in [5, 5.41) is 7.81. The van der Waals surface area contributed by atoms with Crippen LogP contribution in [0.2, 0.25) is 0 Å². The zero-order valence-corrected chi connectivity index (χ0v) is 24.4. The number of hydrogen-bond acceptors (Lipinski definition) is 3. The number of rotatable bonds is 2. The summed E-state index contributed by atoms with van der Waals surface area (Å²) in [6.45, 7) is 0. The number of benzene rings is 6. The van der Waals surface area contributed by atoms with Crippen molar-refractivity contribution in [1.29, 1.82) is 0 Å². The highest BCUT2D eigenvalue weighted by Gasteiger charge is 2.23. The van der Waals surface area contributed by atoms with E-state index in [1.54, 1.807) is 0 Å². The van der Waals surface area contributed by atoms with Crippen LogP contribution in [-0.4, -0.2) is 14.1 Å². The standard InChI is InChI=1S/C41H23N3O2/c1-5-13-33-26(9-1)32-23-42-39-29-12-2-6-14-34(29)44(25-18-20-38-31(22-25)28-11-4-8-16-36(28)46-38)41(39)40(32)43(33)24-17-19-37-30(21-24)27-10-3-7-15-35(27)45-37/h1-23H. The van der Waals surface area contributed by atoms with Gasteiger partial charge in [-0.3, -0.25) is 4.98 Å². The Bertz CT molecular complexity index is 2840. The Kier molecular flexibility index (Phi) is 4.52. The molecule has 5 heteroatoms. The molecule has 11 aromatic rings. The average Bonchev–Trinajstić information content (AvgIpc) is 3.85. The van der Waals surface area contributed by atoms with E-state index in [1.807, 2.05) is 30.5 Å². The summed E-state index contributed by atoms with van der Waals surface area (Å²) in [4.78, 5) is 5.16. The normalized spacial score (nSPS) is 12.3. The van der Waals surface area contributed by atoms with Crippen molar-refractivity contribution in [2.75, 3.05) is 0 Å². The molecule has 0 aliphatic heterocycles. The van der Waals surface area contributed by atoms with E-state index in [9.17, 15) is 0 Å². The number of nitrogens with zero attached hydrogens (tertiary/aromatic N) is 3. The number of para-hydroxylation sites is 4. The topological polar surface area (TPSA) is 49.0 Å². The van der Waals surface area contributed by atoms with Crippen LogP contribution in [-0.2, 0) is 0 Å². The molecule has 0 N–H and O–H groups in total. The monoisotopic (exact) mass is 589 g/mol. The van der Waals surface area contributed by atoms with Gasteiger partial charge in [-0.25, -0.2) is 0 Å². The zero-order valence-electron chi connectivity index (χ0n) is 24.4. The molecule has 214 valence electrons. The van der Waals surface area contributed by atoms with Gasteiger partial charge < -0.3 is 18.0 Å². The van der Waals surface area contributed by atoms with Crippen LogP contribution in [0.1, 0.15) is 0 Å². The Balaban J connectivity index is 1.32. The summed E-state index contributed by atoms with van der Waals surface area (Å²) in [5.41, 5.74) is 11.1. The Hall–Kier alpha value is -6.33. The summed E-state index contributed by atoms with van der Waals surface area (Å²) < 4.78 is 17.2. The third-order valence-electron chi connectivity index (χ3n) is 9.55. The van der Waals surface area contributed by atoms with Crippen LogP contribution in [0, 0.1) is 0 Å². The van der Waals surface area contributed by atoms with Gasteiger partial charge in [-0.2, -0.15) is 0 Å². The van der Waals surface area contributed by atoms with Gasteiger partial charge >= 0.3 is 0 Å². The highest BCUT2D eigenvalue weighted by atomic mass is 16.3. The third kappa shape index (κ3) is 3.06. The Morgan fingerprint density at radius 3 is 1.50 bits per heavy atom. The fraction of sp³-hybridized carbons (Fsp3) is 0. The van der Waals surface area contributed by atoms with Gasteiger partial charge in [0, 0.05) is 55.3 Å². The van der Waals surface area contributed by atoms with Gasteiger partial charge in [0.1, 0.15) is 22.3 Å². The van der Waals surface area contributed by atoms with E-state index < -0.39 is 0 Å². The van der Waals surface area contributed by atoms with Crippen molar-refractivity contribution in [3.63, 3.8) is 0 Å².